The van der Waals surface area contributed by atoms with Crippen molar-refractivity contribution in [2.24, 2.45) is 4.99 Å². The van der Waals surface area contributed by atoms with Crippen molar-refractivity contribution >= 4 is 11.9 Å². The fraction of sp³-hybridized carbons (Fsp3) is 0.368. The number of pyridine rings is 1. The SMILES string of the molecule is Cc1ncc(CO)c(C=Nc2ccc(CN3CCOCC3)cc2)c1O. The minimum Gasteiger partial charge on any atom is -0.505 e. The van der Waals surface area contributed by atoms with Crippen LogP contribution in [-0.4, -0.2) is 52.6 Å². The Kier molecular flexibility index (Phi) is 5.75. The maximum atomic E-state index is 10.1. The average Bonchev–Trinajstić information content (AvgIpc) is 2.65. The Bertz CT molecular complexity index is 738. The molecule has 0 saturated carbocycles. The number of hydrogen-bond acceptors (Lipinski definition) is 6. The van der Waals surface area contributed by atoms with Gasteiger partial charge in [0.25, 0.3) is 0 Å². The third-order valence-corrected chi connectivity index (χ3v) is 4.32. The summed E-state index contributed by atoms with van der Waals surface area (Å²) in [6, 6.07) is 8.03. The van der Waals surface area contributed by atoms with Gasteiger partial charge in [-0.2, -0.15) is 0 Å². The van der Waals surface area contributed by atoms with E-state index in [-0.39, 0.29) is 12.4 Å². The normalized spacial score (nSPS) is 15.8. The van der Waals surface area contributed by atoms with E-state index in [1.807, 2.05) is 12.1 Å². The van der Waals surface area contributed by atoms with Gasteiger partial charge in [-0.1, -0.05) is 12.1 Å². The third-order valence-electron chi connectivity index (χ3n) is 4.32. The van der Waals surface area contributed by atoms with E-state index in [9.17, 15) is 10.2 Å². The largest absolute Gasteiger partial charge is 0.505 e. The Labute approximate surface area is 147 Å². The van der Waals surface area contributed by atoms with Gasteiger partial charge in [0.2, 0.25) is 0 Å². The summed E-state index contributed by atoms with van der Waals surface area (Å²) in [6.45, 7) is 5.95. The molecule has 0 aliphatic carbocycles. The van der Waals surface area contributed by atoms with Crippen molar-refractivity contribution in [1.82, 2.24) is 9.88 Å². The average molecular weight is 341 g/mol. The van der Waals surface area contributed by atoms with Crippen molar-refractivity contribution in [2.45, 2.75) is 20.1 Å². The summed E-state index contributed by atoms with van der Waals surface area (Å²) in [4.78, 5) is 10.8. The highest BCUT2D eigenvalue weighted by atomic mass is 16.5. The van der Waals surface area contributed by atoms with Crippen LogP contribution >= 0.6 is 0 Å². The summed E-state index contributed by atoms with van der Waals surface area (Å²) < 4.78 is 5.36. The number of aryl methyl sites for hydroxylation is 1. The minimum absolute atomic E-state index is 0.0548. The lowest BCUT2D eigenvalue weighted by molar-refractivity contribution is 0.0342. The molecule has 1 aromatic heterocycles. The number of aliphatic hydroxyl groups is 1. The van der Waals surface area contributed by atoms with E-state index in [1.165, 1.54) is 5.56 Å². The molecule has 2 heterocycles. The van der Waals surface area contributed by atoms with E-state index in [2.05, 4.69) is 27.0 Å². The number of rotatable bonds is 5. The smallest absolute Gasteiger partial charge is 0.145 e. The Morgan fingerprint density at radius 2 is 1.96 bits per heavy atom. The van der Waals surface area contributed by atoms with Gasteiger partial charge in [-0.15, -0.1) is 0 Å². The fourth-order valence-corrected chi connectivity index (χ4v) is 2.77. The number of ether oxygens (including phenoxy) is 1. The van der Waals surface area contributed by atoms with Gasteiger partial charge in [0.1, 0.15) is 5.75 Å². The van der Waals surface area contributed by atoms with E-state index < -0.39 is 0 Å². The van der Waals surface area contributed by atoms with Crippen LogP contribution in [0.25, 0.3) is 0 Å². The summed E-state index contributed by atoms with van der Waals surface area (Å²) in [5, 5.41) is 19.5. The second-order valence-electron chi connectivity index (χ2n) is 6.10. The molecule has 1 aliphatic rings. The maximum absolute atomic E-state index is 10.1. The van der Waals surface area contributed by atoms with Crippen LogP contribution < -0.4 is 0 Å². The topological polar surface area (TPSA) is 78.2 Å². The lowest BCUT2D eigenvalue weighted by Crippen LogP contribution is -2.35. The molecule has 132 valence electrons. The van der Waals surface area contributed by atoms with Gasteiger partial charge in [0, 0.05) is 43.2 Å². The van der Waals surface area contributed by atoms with Gasteiger partial charge in [0.05, 0.1) is 31.2 Å². The molecule has 6 heteroatoms. The number of hydrogen-bond donors (Lipinski definition) is 2. The molecule has 0 atom stereocenters. The number of morpholine rings is 1. The molecule has 2 N–H and O–H groups in total. The number of aromatic hydroxyl groups is 1. The quantitative estimate of drug-likeness (QED) is 0.815. The number of aromatic nitrogens is 1. The van der Waals surface area contributed by atoms with Crippen molar-refractivity contribution < 1.29 is 14.9 Å². The fourth-order valence-electron chi connectivity index (χ4n) is 2.77. The highest BCUT2D eigenvalue weighted by molar-refractivity contribution is 5.87. The monoisotopic (exact) mass is 341 g/mol. The molecule has 0 radical (unpaired) electrons. The van der Waals surface area contributed by atoms with Crippen LogP contribution in [0, 0.1) is 6.92 Å². The molecule has 1 saturated heterocycles. The first-order valence-corrected chi connectivity index (χ1v) is 8.39. The first-order valence-electron chi connectivity index (χ1n) is 8.39. The van der Waals surface area contributed by atoms with Crippen LogP contribution in [0.2, 0.25) is 0 Å². The zero-order valence-corrected chi connectivity index (χ0v) is 14.4. The van der Waals surface area contributed by atoms with E-state index >= 15 is 0 Å². The zero-order chi connectivity index (χ0) is 17.6. The van der Waals surface area contributed by atoms with E-state index in [0.29, 0.717) is 16.8 Å². The first-order chi connectivity index (χ1) is 12.2. The van der Waals surface area contributed by atoms with Crippen molar-refractivity contribution in [2.75, 3.05) is 26.3 Å². The molecular formula is C19H23N3O3. The van der Waals surface area contributed by atoms with Crippen LogP contribution in [0.4, 0.5) is 5.69 Å². The van der Waals surface area contributed by atoms with Gasteiger partial charge < -0.3 is 14.9 Å². The number of aliphatic imine (C=N–C) groups is 1. The second-order valence-corrected chi connectivity index (χ2v) is 6.10. The van der Waals surface area contributed by atoms with Crippen molar-refractivity contribution in [3.63, 3.8) is 0 Å². The van der Waals surface area contributed by atoms with Crippen molar-refractivity contribution in [1.29, 1.82) is 0 Å². The number of nitrogens with zero attached hydrogens (tertiary/aromatic N) is 3. The highest BCUT2D eigenvalue weighted by Crippen LogP contribution is 2.23. The van der Waals surface area contributed by atoms with Crippen LogP contribution in [-0.2, 0) is 17.9 Å². The third kappa shape index (κ3) is 4.42. The maximum Gasteiger partial charge on any atom is 0.145 e. The minimum atomic E-state index is -0.194. The van der Waals surface area contributed by atoms with Crippen molar-refractivity contribution in [3.05, 3.63) is 52.8 Å². The van der Waals surface area contributed by atoms with Crippen molar-refractivity contribution in [3.8, 4) is 5.75 Å². The standard InChI is InChI=1S/C19H23N3O3/c1-14-19(24)18(16(13-23)10-20-14)11-21-17-4-2-15(3-5-17)12-22-6-8-25-9-7-22/h2-5,10-11,23-24H,6-9,12-13H2,1H3. The molecule has 6 nitrogen and oxygen atoms in total. The lowest BCUT2D eigenvalue weighted by Gasteiger charge is -2.26. The molecule has 1 aromatic carbocycles. The Morgan fingerprint density at radius 1 is 1.24 bits per heavy atom. The summed E-state index contributed by atoms with van der Waals surface area (Å²) in [5.74, 6) is 0.0548. The van der Waals surface area contributed by atoms with Gasteiger partial charge >= 0.3 is 0 Å². The summed E-state index contributed by atoms with van der Waals surface area (Å²) in [6.07, 6.45) is 3.13. The first kappa shape index (κ1) is 17.5. The van der Waals surface area contributed by atoms with Gasteiger partial charge in [-0.25, -0.2) is 0 Å². The van der Waals surface area contributed by atoms with Gasteiger partial charge in [0.15, 0.2) is 0 Å². The van der Waals surface area contributed by atoms with E-state index in [0.717, 1.165) is 38.5 Å². The Morgan fingerprint density at radius 3 is 2.64 bits per heavy atom. The summed E-state index contributed by atoms with van der Waals surface area (Å²) in [5.41, 5.74) is 3.60. The van der Waals surface area contributed by atoms with Crippen LogP contribution in [0.3, 0.4) is 0 Å². The highest BCUT2D eigenvalue weighted by Gasteiger charge is 2.11. The Hall–Kier alpha value is -2.28. The van der Waals surface area contributed by atoms with Crippen LogP contribution in [0.5, 0.6) is 5.75 Å². The Balaban J connectivity index is 1.71. The molecule has 0 spiro atoms. The van der Waals surface area contributed by atoms with E-state index in [4.69, 9.17) is 4.74 Å². The van der Waals surface area contributed by atoms with Crippen LogP contribution in [0.15, 0.2) is 35.5 Å². The molecule has 0 bridgehead atoms. The molecular weight excluding hydrogens is 318 g/mol. The molecule has 0 amide bonds. The van der Waals surface area contributed by atoms with Crippen LogP contribution in [0.1, 0.15) is 22.4 Å². The summed E-state index contributed by atoms with van der Waals surface area (Å²) in [7, 11) is 0. The molecule has 0 unspecified atom stereocenters. The predicted molar refractivity (Wildman–Crippen MR) is 96.4 cm³/mol. The molecule has 1 aliphatic heterocycles. The zero-order valence-electron chi connectivity index (χ0n) is 14.4. The number of benzene rings is 1. The molecule has 2 aromatic rings. The van der Waals surface area contributed by atoms with Gasteiger partial charge in [-0.05, 0) is 24.6 Å². The van der Waals surface area contributed by atoms with Gasteiger partial charge in [-0.3, -0.25) is 14.9 Å². The lowest BCUT2D eigenvalue weighted by atomic mass is 10.1. The van der Waals surface area contributed by atoms with E-state index in [1.54, 1.807) is 19.3 Å². The molecule has 25 heavy (non-hydrogen) atoms. The predicted octanol–water partition coefficient (Wildman–Crippen LogP) is 2.17. The number of aliphatic hydroxyl groups excluding tert-OH is 1. The second kappa shape index (κ2) is 8.20. The summed E-state index contributed by atoms with van der Waals surface area (Å²) >= 11 is 0. The molecule has 3 rings (SSSR count). The molecule has 1 fully saturated rings.